The molecule has 0 radical (unpaired) electrons. The van der Waals surface area contributed by atoms with Crippen molar-refractivity contribution < 1.29 is 9.53 Å². The normalized spacial score (nSPS) is 15.6. The Balaban J connectivity index is 1.40. The van der Waals surface area contributed by atoms with Crippen LogP contribution in [-0.4, -0.2) is 86.8 Å². The summed E-state index contributed by atoms with van der Waals surface area (Å²) in [4.78, 5) is 30.2. The molecule has 3 aromatic heterocycles. The summed E-state index contributed by atoms with van der Waals surface area (Å²) in [7, 11) is 5.51. The molecular formula is C26H33N9O2. The van der Waals surface area contributed by atoms with Crippen LogP contribution in [0, 0.1) is 6.92 Å². The highest BCUT2D eigenvalue weighted by atomic mass is 16.5. The van der Waals surface area contributed by atoms with Crippen LogP contribution in [0.3, 0.4) is 0 Å². The largest absolute Gasteiger partial charge is 0.478 e. The number of rotatable bonds is 7. The summed E-state index contributed by atoms with van der Waals surface area (Å²) >= 11 is 0. The van der Waals surface area contributed by atoms with Crippen LogP contribution in [-0.2, 0) is 11.8 Å². The average Bonchev–Trinajstić information content (AvgIpc) is 3.48. The summed E-state index contributed by atoms with van der Waals surface area (Å²) in [5.41, 5.74) is 4.94. The van der Waals surface area contributed by atoms with Gasteiger partial charge in [-0.3, -0.25) is 14.4 Å². The molecular weight excluding hydrogens is 470 g/mol. The molecule has 4 aromatic rings. The minimum Gasteiger partial charge on any atom is -0.478 e. The summed E-state index contributed by atoms with van der Waals surface area (Å²) < 4.78 is 7.00. The van der Waals surface area contributed by atoms with Gasteiger partial charge in [-0.05, 0) is 32.5 Å². The predicted octanol–water partition coefficient (Wildman–Crippen LogP) is 2.99. The number of fused-ring (bicyclic) bond motifs is 1. The van der Waals surface area contributed by atoms with Crippen LogP contribution >= 0.6 is 0 Å². The Labute approximate surface area is 215 Å². The lowest BCUT2D eigenvalue weighted by atomic mass is 10.1. The van der Waals surface area contributed by atoms with Gasteiger partial charge in [-0.15, -0.1) is 5.10 Å². The van der Waals surface area contributed by atoms with E-state index in [1.807, 2.05) is 51.5 Å². The van der Waals surface area contributed by atoms with Gasteiger partial charge < -0.3 is 25.3 Å². The van der Waals surface area contributed by atoms with E-state index in [1.54, 1.807) is 18.0 Å². The standard InChI is InChI=1S/C26H33N9O2/c1-16-13-28-26(30-21-15-34(4)32-25(21)37-5)31-22(16)19-14-27-23-18(19)7-6-8-20(23)29-24(36)17(2)35-11-9-33(3)10-12-35/h6-8,13-15,17,27H,9-12H2,1-5H3,(H,29,36)(H,28,30,31)/t17-/m1/s1. The number of methoxy groups -OCH3 is 1. The molecule has 3 N–H and O–H groups in total. The van der Waals surface area contributed by atoms with E-state index in [9.17, 15) is 4.79 Å². The van der Waals surface area contributed by atoms with Crippen LogP contribution in [0.15, 0.2) is 36.8 Å². The zero-order chi connectivity index (χ0) is 26.1. The molecule has 1 fully saturated rings. The Hall–Kier alpha value is -3.96. The quantitative estimate of drug-likeness (QED) is 0.353. The Morgan fingerprint density at radius 2 is 1.95 bits per heavy atom. The molecule has 1 amide bonds. The fourth-order valence-corrected chi connectivity index (χ4v) is 4.67. The first kappa shape index (κ1) is 24.7. The number of aryl methyl sites for hydroxylation is 2. The molecule has 1 atom stereocenters. The fraction of sp³-hybridized carbons (Fsp3) is 0.385. The van der Waals surface area contributed by atoms with Crippen molar-refractivity contribution in [2.75, 3.05) is 51.0 Å². The monoisotopic (exact) mass is 503 g/mol. The van der Waals surface area contributed by atoms with Crippen molar-refractivity contribution in [2.24, 2.45) is 7.05 Å². The van der Waals surface area contributed by atoms with Crippen LogP contribution in [0.25, 0.3) is 22.2 Å². The third-order valence-corrected chi connectivity index (χ3v) is 6.90. The zero-order valence-electron chi connectivity index (χ0n) is 21.9. The number of H-pyrrole nitrogens is 1. The van der Waals surface area contributed by atoms with Crippen LogP contribution in [0.4, 0.5) is 17.3 Å². The minimum atomic E-state index is -0.208. The van der Waals surface area contributed by atoms with Crippen LogP contribution in [0.1, 0.15) is 12.5 Å². The van der Waals surface area contributed by atoms with Gasteiger partial charge in [0, 0.05) is 56.6 Å². The highest BCUT2D eigenvalue weighted by Gasteiger charge is 2.25. The Bertz CT molecular complexity index is 1420. The number of para-hydroxylation sites is 1. The van der Waals surface area contributed by atoms with E-state index in [4.69, 9.17) is 9.72 Å². The molecule has 1 aromatic carbocycles. The number of nitrogens with zero attached hydrogens (tertiary/aromatic N) is 6. The molecule has 37 heavy (non-hydrogen) atoms. The maximum atomic E-state index is 13.1. The van der Waals surface area contributed by atoms with Gasteiger partial charge in [0.25, 0.3) is 5.88 Å². The molecule has 1 aliphatic heterocycles. The molecule has 5 rings (SSSR count). The van der Waals surface area contributed by atoms with Gasteiger partial charge in [0.05, 0.1) is 36.2 Å². The fourth-order valence-electron chi connectivity index (χ4n) is 4.67. The molecule has 194 valence electrons. The van der Waals surface area contributed by atoms with Crippen molar-refractivity contribution in [1.29, 1.82) is 0 Å². The van der Waals surface area contributed by atoms with Crippen molar-refractivity contribution >= 4 is 34.1 Å². The van der Waals surface area contributed by atoms with Crippen LogP contribution in [0.5, 0.6) is 5.88 Å². The van der Waals surface area contributed by atoms with Gasteiger partial charge in [0.2, 0.25) is 11.9 Å². The number of carbonyl (C=O) groups is 1. The number of hydrogen-bond donors (Lipinski definition) is 3. The summed E-state index contributed by atoms with van der Waals surface area (Å²) in [6.07, 6.45) is 5.52. The maximum Gasteiger partial charge on any atom is 0.256 e. The molecule has 0 saturated carbocycles. The number of piperazine rings is 1. The summed E-state index contributed by atoms with van der Waals surface area (Å²) in [5, 5.41) is 11.6. The highest BCUT2D eigenvalue weighted by molar-refractivity contribution is 6.06. The Kier molecular flexibility index (Phi) is 6.81. The molecule has 1 aliphatic rings. The summed E-state index contributed by atoms with van der Waals surface area (Å²) in [5.74, 6) is 0.890. The number of aromatic amines is 1. The SMILES string of the molecule is COc1nn(C)cc1Nc1ncc(C)c(-c2c[nH]c3c(NC(=O)[C@@H](C)N4CCN(C)CC4)cccc23)n1. The second kappa shape index (κ2) is 10.2. The van der Waals surface area contributed by atoms with E-state index >= 15 is 0 Å². The number of benzene rings is 1. The minimum absolute atomic E-state index is 0.0108. The Morgan fingerprint density at radius 3 is 2.70 bits per heavy atom. The van der Waals surface area contributed by atoms with E-state index in [0.717, 1.165) is 59.6 Å². The molecule has 0 spiro atoms. The molecule has 1 saturated heterocycles. The van der Waals surface area contributed by atoms with Gasteiger partial charge >= 0.3 is 0 Å². The molecule has 11 heteroatoms. The van der Waals surface area contributed by atoms with Gasteiger partial charge in [-0.1, -0.05) is 12.1 Å². The first-order valence-electron chi connectivity index (χ1n) is 12.4. The number of nitrogens with one attached hydrogen (secondary N) is 3. The third-order valence-electron chi connectivity index (χ3n) is 6.90. The van der Waals surface area contributed by atoms with Crippen molar-refractivity contribution in [3.63, 3.8) is 0 Å². The molecule has 0 unspecified atom stereocenters. The van der Waals surface area contributed by atoms with Crippen molar-refractivity contribution in [3.05, 3.63) is 42.4 Å². The second-order valence-corrected chi connectivity index (χ2v) is 9.51. The maximum absolute atomic E-state index is 13.1. The Morgan fingerprint density at radius 1 is 1.16 bits per heavy atom. The smallest absolute Gasteiger partial charge is 0.256 e. The molecule has 0 aliphatic carbocycles. The van der Waals surface area contributed by atoms with Gasteiger partial charge in [0.15, 0.2) is 0 Å². The van der Waals surface area contributed by atoms with Gasteiger partial charge in [0.1, 0.15) is 5.69 Å². The van der Waals surface area contributed by atoms with Gasteiger partial charge in [-0.2, -0.15) is 0 Å². The zero-order valence-corrected chi connectivity index (χ0v) is 21.9. The number of aromatic nitrogens is 5. The topological polar surface area (TPSA) is 116 Å². The average molecular weight is 504 g/mol. The number of carbonyl (C=O) groups excluding carboxylic acids is 1. The lowest BCUT2D eigenvalue weighted by Gasteiger charge is -2.35. The van der Waals surface area contributed by atoms with E-state index in [-0.39, 0.29) is 11.9 Å². The summed E-state index contributed by atoms with van der Waals surface area (Å²) in [6, 6.07) is 5.69. The number of ether oxygens (including phenoxy) is 1. The number of likely N-dealkylation sites (N-methyl/N-ethyl adjacent to an activating group) is 1. The van der Waals surface area contributed by atoms with E-state index in [0.29, 0.717) is 17.5 Å². The lowest BCUT2D eigenvalue weighted by molar-refractivity contribution is -0.121. The molecule has 0 bridgehead atoms. The van der Waals surface area contributed by atoms with E-state index in [1.165, 1.54) is 0 Å². The summed E-state index contributed by atoms with van der Waals surface area (Å²) in [6.45, 7) is 7.65. The highest BCUT2D eigenvalue weighted by Crippen LogP contribution is 2.34. The first-order valence-corrected chi connectivity index (χ1v) is 12.4. The van der Waals surface area contributed by atoms with Crippen LogP contribution in [0.2, 0.25) is 0 Å². The van der Waals surface area contributed by atoms with Crippen molar-refractivity contribution in [2.45, 2.75) is 19.9 Å². The van der Waals surface area contributed by atoms with Gasteiger partial charge in [-0.25, -0.2) is 9.97 Å². The number of amides is 1. The van der Waals surface area contributed by atoms with E-state index < -0.39 is 0 Å². The van der Waals surface area contributed by atoms with E-state index in [2.05, 4.69) is 42.5 Å². The second-order valence-electron chi connectivity index (χ2n) is 9.51. The molecule has 11 nitrogen and oxygen atoms in total. The van der Waals surface area contributed by atoms with Crippen molar-refractivity contribution in [3.8, 4) is 17.1 Å². The van der Waals surface area contributed by atoms with Crippen molar-refractivity contribution in [1.82, 2.24) is 34.5 Å². The van der Waals surface area contributed by atoms with Crippen LogP contribution < -0.4 is 15.4 Å². The number of anilines is 3. The molecule has 4 heterocycles. The lowest BCUT2D eigenvalue weighted by Crippen LogP contribution is -2.51. The predicted molar refractivity (Wildman–Crippen MR) is 144 cm³/mol. The number of hydrogen-bond acceptors (Lipinski definition) is 8. The first-order chi connectivity index (χ1) is 17.8. The third kappa shape index (κ3) is 5.00.